The van der Waals surface area contributed by atoms with E-state index in [0.29, 0.717) is 18.0 Å². The first kappa shape index (κ1) is 12.3. The van der Waals surface area contributed by atoms with Crippen molar-refractivity contribution in [2.75, 3.05) is 5.32 Å². The van der Waals surface area contributed by atoms with E-state index in [-0.39, 0.29) is 5.91 Å². The average molecular weight is 245 g/mol. The number of hydrogen-bond acceptors (Lipinski definition) is 4. The van der Waals surface area contributed by atoms with Gasteiger partial charge in [0.1, 0.15) is 5.69 Å². The Hall–Kier alpha value is -2.17. The molecule has 0 saturated carbocycles. The molecular weight excluding hydrogens is 230 g/mol. The molecular formula is C13H15N3O2. The number of aromatic nitrogens is 2. The summed E-state index contributed by atoms with van der Waals surface area (Å²) in [7, 11) is 0. The fourth-order valence-corrected chi connectivity index (χ4v) is 1.52. The van der Waals surface area contributed by atoms with E-state index in [2.05, 4.69) is 15.5 Å². The van der Waals surface area contributed by atoms with Crippen LogP contribution in [0.1, 0.15) is 26.2 Å². The molecule has 5 nitrogen and oxygen atoms in total. The lowest BCUT2D eigenvalue weighted by molar-refractivity contribution is -0.116. The lowest BCUT2D eigenvalue weighted by Crippen LogP contribution is -2.10. The summed E-state index contributed by atoms with van der Waals surface area (Å²) in [6, 6.07) is 5.40. The van der Waals surface area contributed by atoms with Crippen molar-refractivity contribution in [3.8, 4) is 11.3 Å². The summed E-state index contributed by atoms with van der Waals surface area (Å²) in [5, 5.41) is 6.57. The molecule has 0 bridgehead atoms. The minimum atomic E-state index is -0.0502. The van der Waals surface area contributed by atoms with Gasteiger partial charge in [-0.3, -0.25) is 15.1 Å². The molecule has 0 radical (unpaired) electrons. The number of rotatable bonds is 5. The largest absolute Gasteiger partial charge is 0.338 e. The van der Waals surface area contributed by atoms with Crippen LogP contribution < -0.4 is 5.32 Å². The van der Waals surface area contributed by atoms with Gasteiger partial charge in [0, 0.05) is 30.4 Å². The zero-order valence-corrected chi connectivity index (χ0v) is 10.2. The fraction of sp³-hybridized carbons (Fsp3) is 0.308. The molecule has 2 aromatic heterocycles. The Morgan fingerprint density at radius 1 is 1.50 bits per heavy atom. The van der Waals surface area contributed by atoms with Crippen LogP contribution in [0.3, 0.4) is 0 Å². The molecule has 0 fully saturated rings. The lowest BCUT2D eigenvalue weighted by Gasteiger charge is -1.98. The minimum absolute atomic E-state index is 0.0502. The molecule has 5 heteroatoms. The molecule has 2 aromatic rings. The molecule has 18 heavy (non-hydrogen) atoms. The Kier molecular flexibility index (Phi) is 4.06. The van der Waals surface area contributed by atoms with Crippen LogP contribution >= 0.6 is 0 Å². The molecule has 0 atom stereocenters. The van der Waals surface area contributed by atoms with Gasteiger partial charge in [-0.05, 0) is 18.6 Å². The minimum Gasteiger partial charge on any atom is -0.338 e. The van der Waals surface area contributed by atoms with Crippen LogP contribution in [-0.4, -0.2) is 16.0 Å². The summed E-state index contributed by atoms with van der Waals surface area (Å²) in [6.07, 6.45) is 5.75. The number of pyridine rings is 1. The van der Waals surface area contributed by atoms with Crippen molar-refractivity contribution >= 4 is 11.8 Å². The van der Waals surface area contributed by atoms with E-state index in [1.807, 2.05) is 19.1 Å². The first-order valence-electron chi connectivity index (χ1n) is 5.96. The van der Waals surface area contributed by atoms with Crippen LogP contribution in [0.25, 0.3) is 11.3 Å². The second-order valence-electron chi connectivity index (χ2n) is 3.97. The average Bonchev–Trinajstić information content (AvgIpc) is 2.86. The molecule has 2 rings (SSSR count). The molecule has 0 unspecified atom stereocenters. The molecule has 0 spiro atoms. The first-order chi connectivity index (χ1) is 8.79. The van der Waals surface area contributed by atoms with Crippen LogP contribution in [0.4, 0.5) is 5.88 Å². The molecule has 0 aliphatic carbocycles. The van der Waals surface area contributed by atoms with Crippen LogP contribution in [0.15, 0.2) is 35.1 Å². The van der Waals surface area contributed by atoms with Gasteiger partial charge in [0.25, 0.3) is 0 Å². The van der Waals surface area contributed by atoms with Crippen molar-refractivity contribution in [3.63, 3.8) is 0 Å². The van der Waals surface area contributed by atoms with Crippen LogP contribution in [0.2, 0.25) is 0 Å². The van der Waals surface area contributed by atoms with E-state index in [0.717, 1.165) is 18.4 Å². The molecule has 2 heterocycles. The third-order valence-corrected chi connectivity index (χ3v) is 2.49. The number of anilines is 1. The highest BCUT2D eigenvalue weighted by Crippen LogP contribution is 2.20. The first-order valence-corrected chi connectivity index (χ1v) is 5.96. The van der Waals surface area contributed by atoms with Gasteiger partial charge >= 0.3 is 0 Å². The predicted octanol–water partition coefficient (Wildman–Crippen LogP) is 2.87. The van der Waals surface area contributed by atoms with Gasteiger partial charge in [-0.1, -0.05) is 18.5 Å². The maximum Gasteiger partial charge on any atom is 0.231 e. The smallest absolute Gasteiger partial charge is 0.231 e. The maximum absolute atomic E-state index is 11.5. The third-order valence-electron chi connectivity index (χ3n) is 2.49. The summed E-state index contributed by atoms with van der Waals surface area (Å²) in [4.78, 5) is 15.5. The number of unbranched alkanes of at least 4 members (excludes halogenated alkanes) is 1. The lowest BCUT2D eigenvalue weighted by atomic mass is 10.2. The number of nitrogens with one attached hydrogen (secondary N) is 1. The SMILES string of the molecule is CCCCC(=O)Nc1cc(-c2cccnc2)no1. The number of carbonyl (C=O) groups is 1. The number of nitrogens with zero attached hydrogens (tertiary/aromatic N) is 2. The predicted molar refractivity (Wildman–Crippen MR) is 67.9 cm³/mol. The van der Waals surface area contributed by atoms with Gasteiger partial charge in [0.15, 0.2) is 0 Å². The number of amides is 1. The zero-order valence-electron chi connectivity index (χ0n) is 10.2. The zero-order chi connectivity index (χ0) is 12.8. The Balaban J connectivity index is 2.00. The van der Waals surface area contributed by atoms with Gasteiger partial charge in [0.2, 0.25) is 11.8 Å². The van der Waals surface area contributed by atoms with E-state index in [1.165, 1.54) is 0 Å². The Bertz CT molecular complexity index is 508. The highest BCUT2D eigenvalue weighted by atomic mass is 16.5. The van der Waals surface area contributed by atoms with Crippen molar-refractivity contribution in [2.45, 2.75) is 26.2 Å². The van der Waals surface area contributed by atoms with Gasteiger partial charge in [-0.25, -0.2) is 0 Å². The van der Waals surface area contributed by atoms with E-state index in [4.69, 9.17) is 4.52 Å². The summed E-state index contributed by atoms with van der Waals surface area (Å²) in [6.45, 7) is 2.04. The topological polar surface area (TPSA) is 68.0 Å². The quantitative estimate of drug-likeness (QED) is 0.879. The van der Waals surface area contributed by atoms with Crippen molar-refractivity contribution < 1.29 is 9.32 Å². The Morgan fingerprint density at radius 3 is 3.11 bits per heavy atom. The van der Waals surface area contributed by atoms with Crippen molar-refractivity contribution in [3.05, 3.63) is 30.6 Å². The summed E-state index contributed by atoms with van der Waals surface area (Å²) in [5.74, 6) is 0.320. The standard InChI is InChI=1S/C13H15N3O2/c1-2-3-6-12(17)15-13-8-11(16-18-13)10-5-4-7-14-9-10/h4-5,7-9H,2-3,6H2,1H3,(H,15,17). The van der Waals surface area contributed by atoms with Gasteiger partial charge in [-0.15, -0.1) is 0 Å². The van der Waals surface area contributed by atoms with Crippen molar-refractivity contribution in [1.82, 2.24) is 10.1 Å². The van der Waals surface area contributed by atoms with Gasteiger partial charge in [0.05, 0.1) is 0 Å². The second-order valence-corrected chi connectivity index (χ2v) is 3.97. The van der Waals surface area contributed by atoms with Crippen LogP contribution in [-0.2, 0) is 4.79 Å². The van der Waals surface area contributed by atoms with Crippen molar-refractivity contribution in [2.24, 2.45) is 0 Å². The van der Waals surface area contributed by atoms with E-state index < -0.39 is 0 Å². The molecule has 0 aromatic carbocycles. The maximum atomic E-state index is 11.5. The number of hydrogen-bond donors (Lipinski definition) is 1. The van der Waals surface area contributed by atoms with Gasteiger partial charge < -0.3 is 4.52 Å². The molecule has 0 saturated heterocycles. The summed E-state index contributed by atoms with van der Waals surface area (Å²) < 4.78 is 5.06. The van der Waals surface area contributed by atoms with Gasteiger partial charge in [-0.2, -0.15) is 0 Å². The normalized spacial score (nSPS) is 10.3. The van der Waals surface area contributed by atoms with Crippen molar-refractivity contribution in [1.29, 1.82) is 0 Å². The van der Waals surface area contributed by atoms with Crippen LogP contribution in [0, 0.1) is 0 Å². The third kappa shape index (κ3) is 3.16. The molecule has 0 aliphatic rings. The van der Waals surface area contributed by atoms with E-state index in [9.17, 15) is 4.79 Å². The highest BCUT2D eigenvalue weighted by molar-refractivity contribution is 5.89. The van der Waals surface area contributed by atoms with Crippen LogP contribution in [0.5, 0.6) is 0 Å². The number of carbonyl (C=O) groups excluding carboxylic acids is 1. The molecule has 0 aliphatic heterocycles. The summed E-state index contributed by atoms with van der Waals surface area (Å²) >= 11 is 0. The second kappa shape index (κ2) is 5.95. The highest BCUT2D eigenvalue weighted by Gasteiger charge is 2.09. The molecule has 1 amide bonds. The monoisotopic (exact) mass is 245 g/mol. The van der Waals surface area contributed by atoms with E-state index >= 15 is 0 Å². The summed E-state index contributed by atoms with van der Waals surface area (Å²) in [5.41, 5.74) is 1.52. The molecule has 1 N–H and O–H groups in total. The fourth-order valence-electron chi connectivity index (χ4n) is 1.52. The molecule has 94 valence electrons. The Morgan fingerprint density at radius 2 is 2.39 bits per heavy atom. The Labute approximate surface area is 105 Å². The van der Waals surface area contributed by atoms with E-state index in [1.54, 1.807) is 18.5 Å².